The van der Waals surface area contributed by atoms with Gasteiger partial charge in [-0.15, -0.1) is 0 Å². The number of hydrogen-bond donors (Lipinski definition) is 2. The summed E-state index contributed by atoms with van der Waals surface area (Å²) in [6.45, 7) is 0. The van der Waals surface area contributed by atoms with Crippen LogP contribution in [0.5, 0.6) is 5.75 Å². The predicted molar refractivity (Wildman–Crippen MR) is 81.0 cm³/mol. The van der Waals surface area contributed by atoms with Gasteiger partial charge in [0.25, 0.3) is 0 Å². The van der Waals surface area contributed by atoms with Crippen LogP contribution < -0.4 is 10.2 Å². The monoisotopic (exact) mass is 354 g/mol. The number of ether oxygens (including phenoxy) is 1. The summed E-state index contributed by atoms with van der Waals surface area (Å²) in [5.74, 6) is 0.609. The molecule has 2 aromatic rings. The van der Waals surface area contributed by atoms with Crippen LogP contribution in [0.4, 0.5) is 0 Å². The van der Waals surface area contributed by atoms with Gasteiger partial charge in [0.05, 0.1) is 7.11 Å². The van der Waals surface area contributed by atoms with Crippen LogP contribution in [0, 0.1) is 3.57 Å². The average Bonchev–Trinajstić information content (AvgIpc) is 2.39. The Morgan fingerprint density at radius 1 is 1.11 bits per heavy atom. The minimum atomic E-state index is -1.51. The molecule has 0 heterocycles. The van der Waals surface area contributed by atoms with E-state index in [0.29, 0.717) is 11.2 Å². The van der Waals surface area contributed by atoms with E-state index in [1.54, 1.807) is 13.2 Å². The zero-order chi connectivity index (χ0) is 13.1. The maximum Gasteiger partial charge on any atom is 0.489 e. The largest absolute Gasteiger partial charge is 0.497 e. The molecule has 0 radical (unpaired) electrons. The molecule has 0 unspecified atom stereocenters. The third kappa shape index (κ3) is 2.68. The van der Waals surface area contributed by atoms with Gasteiger partial charge in [0.15, 0.2) is 0 Å². The Balaban J connectivity index is 2.63. The lowest BCUT2D eigenvalue weighted by atomic mass is 9.79. The van der Waals surface area contributed by atoms with Gasteiger partial charge in [0.2, 0.25) is 0 Å². The first-order valence-corrected chi connectivity index (χ1v) is 6.50. The molecule has 92 valence electrons. The van der Waals surface area contributed by atoms with Crippen molar-refractivity contribution in [2.45, 2.75) is 0 Å². The molecule has 5 heteroatoms. The molecule has 0 saturated heterocycles. The zero-order valence-electron chi connectivity index (χ0n) is 9.80. The van der Waals surface area contributed by atoms with Crippen molar-refractivity contribution in [1.82, 2.24) is 0 Å². The number of halogens is 1. The summed E-state index contributed by atoms with van der Waals surface area (Å²) in [5.41, 5.74) is 2.40. The summed E-state index contributed by atoms with van der Waals surface area (Å²) in [5, 5.41) is 18.8. The second kappa shape index (κ2) is 5.73. The molecule has 3 nitrogen and oxygen atoms in total. The number of benzene rings is 2. The van der Waals surface area contributed by atoms with Crippen molar-refractivity contribution in [3.63, 3.8) is 0 Å². The summed E-state index contributed by atoms with van der Waals surface area (Å²) in [4.78, 5) is 0. The number of rotatable bonds is 3. The van der Waals surface area contributed by atoms with E-state index < -0.39 is 7.12 Å². The smallest absolute Gasteiger partial charge is 0.489 e. The fourth-order valence-corrected chi connectivity index (χ4v) is 2.65. The normalized spacial score (nSPS) is 10.2. The van der Waals surface area contributed by atoms with Crippen molar-refractivity contribution in [1.29, 1.82) is 0 Å². The molecular formula is C13H12BIO3. The highest BCUT2D eigenvalue weighted by atomic mass is 127. The second-order valence-electron chi connectivity index (χ2n) is 3.82. The quantitative estimate of drug-likeness (QED) is 0.651. The molecule has 0 aliphatic rings. The molecule has 18 heavy (non-hydrogen) atoms. The summed E-state index contributed by atoms with van der Waals surface area (Å²) in [7, 11) is 0.0549. The molecule has 0 amide bonds. The van der Waals surface area contributed by atoms with Crippen LogP contribution in [-0.2, 0) is 0 Å². The Morgan fingerprint density at radius 3 is 2.33 bits per heavy atom. The predicted octanol–water partition coefficient (Wildman–Crippen LogP) is 1.65. The van der Waals surface area contributed by atoms with E-state index in [4.69, 9.17) is 4.74 Å². The van der Waals surface area contributed by atoms with Gasteiger partial charge >= 0.3 is 7.12 Å². The lowest BCUT2D eigenvalue weighted by molar-refractivity contribution is 0.412. The number of methoxy groups -OCH3 is 1. The topological polar surface area (TPSA) is 49.7 Å². The van der Waals surface area contributed by atoms with Crippen LogP contribution in [0.1, 0.15) is 0 Å². The van der Waals surface area contributed by atoms with Crippen LogP contribution in [0.15, 0.2) is 42.5 Å². The van der Waals surface area contributed by atoms with Crippen molar-refractivity contribution in [2.24, 2.45) is 0 Å². The Labute approximate surface area is 120 Å². The van der Waals surface area contributed by atoms with Crippen LogP contribution in [0.25, 0.3) is 11.1 Å². The van der Waals surface area contributed by atoms with Crippen molar-refractivity contribution >= 4 is 35.2 Å². The Hall–Kier alpha value is -1.05. The minimum absolute atomic E-state index is 0.453. The standard InChI is InChI=1S/C13H12BIO3/c1-18-10-7-11(9-5-3-2-4-6-9)13(15)12(8-10)14(16)17/h2-8,16-17H,1H3. The van der Waals surface area contributed by atoms with E-state index in [-0.39, 0.29) is 0 Å². The SMILES string of the molecule is COc1cc(B(O)O)c(I)c(-c2ccccc2)c1. The first kappa shape index (κ1) is 13.4. The molecule has 0 spiro atoms. The van der Waals surface area contributed by atoms with Crippen molar-refractivity contribution < 1.29 is 14.8 Å². The van der Waals surface area contributed by atoms with Crippen LogP contribution in [-0.4, -0.2) is 24.3 Å². The average molecular weight is 354 g/mol. The maximum absolute atomic E-state index is 9.39. The lowest BCUT2D eigenvalue weighted by Gasteiger charge is -2.12. The Kier molecular flexibility index (Phi) is 4.26. The third-order valence-corrected chi connectivity index (χ3v) is 3.88. The van der Waals surface area contributed by atoms with E-state index >= 15 is 0 Å². The molecular weight excluding hydrogens is 342 g/mol. The summed E-state index contributed by atoms with van der Waals surface area (Å²) >= 11 is 2.12. The first-order chi connectivity index (χ1) is 8.63. The highest BCUT2D eigenvalue weighted by molar-refractivity contribution is 14.1. The molecule has 0 aliphatic carbocycles. The van der Waals surface area contributed by atoms with Crippen LogP contribution in [0.3, 0.4) is 0 Å². The summed E-state index contributed by atoms with van der Waals surface area (Å²) < 4.78 is 6.01. The molecule has 0 aromatic heterocycles. The van der Waals surface area contributed by atoms with Crippen molar-refractivity contribution in [3.05, 3.63) is 46.0 Å². The number of hydrogen-bond acceptors (Lipinski definition) is 3. The Morgan fingerprint density at radius 2 is 1.78 bits per heavy atom. The lowest BCUT2D eigenvalue weighted by Crippen LogP contribution is -2.32. The van der Waals surface area contributed by atoms with Crippen molar-refractivity contribution in [2.75, 3.05) is 7.11 Å². The molecule has 2 rings (SSSR count). The van der Waals surface area contributed by atoms with E-state index in [0.717, 1.165) is 14.7 Å². The van der Waals surface area contributed by atoms with Gasteiger partial charge in [0.1, 0.15) is 5.75 Å². The van der Waals surface area contributed by atoms with E-state index in [1.807, 2.05) is 36.4 Å². The summed E-state index contributed by atoms with van der Waals surface area (Å²) in [6, 6.07) is 13.3. The molecule has 0 saturated carbocycles. The second-order valence-corrected chi connectivity index (χ2v) is 4.90. The molecule has 0 bridgehead atoms. The zero-order valence-corrected chi connectivity index (χ0v) is 12.0. The Bertz CT molecular complexity index is 543. The van der Waals surface area contributed by atoms with Crippen molar-refractivity contribution in [3.8, 4) is 16.9 Å². The first-order valence-electron chi connectivity index (χ1n) is 5.42. The van der Waals surface area contributed by atoms with E-state index in [9.17, 15) is 10.0 Å². The van der Waals surface area contributed by atoms with Gasteiger partial charge < -0.3 is 14.8 Å². The van der Waals surface area contributed by atoms with Crippen LogP contribution in [0.2, 0.25) is 0 Å². The fourth-order valence-electron chi connectivity index (χ4n) is 1.75. The van der Waals surface area contributed by atoms with Gasteiger partial charge in [-0.05, 0) is 51.3 Å². The van der Waals surface area contributed by atoms with Gasteiger partial charge in [-0.25, -0.2) is 0 Å². The molecule has 0 aliphatic heterocycles. The molecule has 0 fully saturated rings. The van der Waals surface area contributed by atoms with Crippen LogP contribution >= 0.6 is 22.6 Å². The summed E-state index contributed by atoms with van der Waals surface area (Å²) in [6.07, 6.45) is 0. The van der Waals surface area contributed by atoms with Gasteiger partial charge in [0, 0.05) is 3.57 Å². The highest BCUT2D eigenvalue weighted by Gasteiger charge is 2.19. The van der Waals surface area contributed by atoms with Gasteiger partial charge in [-0.2, -0.15) is 0 Å². The van der Waals surface area contributed by atoms with Gasteiger partial charge in [-0.1, -0.05) is 30.3 Å². The molecule has 2 aromatic carbocycles. The van der Waals surface area contributed by atoms with E-state index in [1.165, 1.54) is 0 Å². The van der Waals surface area contributed by atoms with Gasteiger partial charge in [-0.3, -0.25) is 0 Å². The maximum atomic E-state index is 9.39. The molecule has 0 atom stereocenters. The minimum Gasteiger partial charge on any atom is -0.497 e. The fraction of sp³-hybridized carbons (Fsp3) is 0.0769. The highest BCUT2D eigenvalue weighted by Crippen LogP contribution is 2.28. The third-order valence-electron chi connectivity index (χ3n) is 2.67. The molecule has 2 N–H and O–H groups in total. The van der Waals surface area contributed by atoms with E-state index in [2.05, 4.69) is 22.6 Å².